The lowest BCUT2D eigenvalue weighted by Crippen LogP contribution is -2.62. The zero-order chi connectivity index (χ0) is 39.2. The molecule has 6 N–H and O–H groups in total. The molecule has 8 aliphatic rings. The zero-order valence-corrected chi connectivity index (χ0v) is 32.9. The Morgan fingerprint density at radius 3 is 1.87 bits per heavy atom. The Hall–Kier alpha value is -1.27. The van der Waals surface area contributed by atoms with Crippen molar-refractivity contribution in [2.75, 3.05) is 6.61 Å². The van der Waals surface area contributed by atoms with Gasteiger partial charge in [-0.1, -0.05) is 13.8 Å². The monoisotopic (exact) mass is 780 g/mol. The van der Waals surface area contributed by atoms with Crippen LogP contribution in [-0.4, -0.2) is 135 Å². The summed E-state index contributed by atoms with van der Waals surface area (Å²) in [6, 6.07) is 0. The third kappa shape index (κ3) is 7.05. The van der Waals surface area contributed by atoms with Crippen LogP contribution >= 0.6 is 0 Å². The standard InChI is InChI=1S/C41H64O14/c1-19-36(47)27(42)14-33(50-19)54-38-21(3)52-34(16-29(38)44)55-37-20(2)51-32(15-28(37)43)53-24-8-10-39(4)23(13-24)6-7-26-25(39)9-11-40(5)35(22-12-31(46)49-18-22)30(45)17-41(26,40)48/h12,19-21,23-30,32-38,42-45,47-48H,6-11,13-18H2,1-5H3/t19-,20+,21+,23+,24+,25-,26+,27-,28+,29+,30+,32-,33+,34-,35+,36-,37-,38-,39-,40+,41+/m0/s1. The highest BCUT2D eigenvalue weighted by Gasteiger charge is 2.70. The van der Waals surface area contributed by atoms with Gasteiger partial charge in [0.1, 0.15) is 24.9 Å². The van der Waals surface area contributed by atoms with Crippen molar-refractivity contribution in [3.63, 3.8) is 0 Å². The number of rotatable bonds is 7. The minimum atomic E-state index is -1.01. The second-order valence-corrected chi connectivity index (χ2v) is 18.9. The van der Waals surface area contributed by atoms with Gasteiger partial charge in [0.2, 0.25) is 0 Å². The molecular formula is C41H64O14. The molecule has 4 aliphatic carbocycles. The molecule has 21 atom stereocenters. The van der Waals surface area contributed by atoms with Gasteiger partial charge in [-0.15, -0.1) is 0 Å². The van der Waals surface area contributed by atoms with Crippen molar-refractivity contribution in [2.45, 2.75) is 197 Å². The Bertz CT molecular complexity index is 1410. The van der Waals surface area contributed by atoms with E-state index in [2.05, 4.69) is 13.8 Å². The number of hydrogen-bond donors (Lipinski definition) is 6. The molecule has 4 aliphatic heterocycles. The average Bonchev–Trinajstić information content (AvgIpc) is 3.62. The summed E-state index contributed by atoms with van der Waals surface area (Å²) in [6.07, 6.45) is -1.26. The summed E-state index contributed by atoms with van der Waals surface area (Å²) in [7, 11) is 0. The van der Waals surface area contributed by atoms with Crippen molar-refractivity contribution in [1.82, 2.24) is 0 Å². The Kier molecular flexibility index (Phi) is 11.1. The molecule has 14 nitrogen and oxygen atoms in total. The van der Waals surface area contributed by atoms with E-state index in [1.165, 1.54) is 6.08 Å². The van der Waals surface area contributed by atoms with Gasteiger partial charge in [-0.05, 0) is 94.5 Å². The van der Waals surface area contributed by atoms with Crippen LogP contribution in [0.2, 0.25) is 0 Å². The summed E-state index contributed by atoms with van der Waals surface area (Å²) in [5.41, 5.74) is -0.686. The maximum atomic E-state index is 12.6. The molecule has 0 aromatic heterocycles. The van der Waals surface area contributed by atoms with E-state index in [-0.39, 0.29) is 55.2 Å². The maximum Gasteiger partial charge on any atom is 0.331 e. The highest BCUT2D eigenvalue weighted by atomic mass is 16.7. The molecule has 7 fully saturated rings. The van der Waals surface area contributed by atoms with Crippen LogP contribution in [0.4, 0.5) is 0 Å². The number of aliphatic hydroxyl groups is 6. The minimum absolute atomic E-state index is 0.0203. The summed E-state index contributed by atoms with van der Waals surface area (Å²) < 4.78 is 42.1. The van der Waals surface area contributed by atoms with E-state index in [9.17, 15) is 35.4 Å². The molecule has 312 valence electrons. The molecule has 0 unspecified atom stereocenters. The first-order valence-corrected chi connectivity index (χ1v) is 20.9. The summed E-state index contributed by atoms with van der Waals surface area (Å²) in [5.74, 6) is 0.174. The van der Waals surface area contributed by atoms with Crippen molar-refractivity contribution >= 4 is 5.97 Å². The van der Waals surface area contributed by atoms with E-state index in [0.717, 1.165) is 50.5 Å². The minimum Gasteiger partial charge on any atom is -0.458 e. The molecule has 0 radical (unpaired) electrons. The van der Waals surface area contributed by atoms with Crippen molar-refractivity contribution in [3.05, 3.63) is 11.6 Å². The summed E-state index contributed by atoms with van der Waals surface area (Å²) in [4.78, 5) is 12.0. The number of carbonyl (C=O) groups excluding carboxylic acids is 1. The van der Waals surface area contributed by atoms with Crippen LogP contribution in [0.5, 0.6) is 0 Å². The van der Waals surface area contributed by atoms with Crippen LogP contribution < -0.4 is 0 Å². The molecule has 0 amide bonds. The third-order valence-corrected chi connectivity index (χ3v) is 15.8. The van der Waals surface area contributed by atoms with Crippen LogP contribution in [0.1, 0.15) is 105 Å². The van der Waals surface area contributed by atoms with Crippen molar-refractivity contribution in [2.24, 2.45) is 34.5 Å². The van der Waals surface area contributed by atoms with E-state index in [1.807, 2.05) is 6.92 Å². The smallest absolute Gasteiger partial charge is 0.331 e. The summed E-state index contributed by atoms with van der Waals surface area (Å²) in [6.45, 7) is 9.98. The van der Waals surface area contributed by atoms with Gasteiger partial charge in [0.05, 0.1) is 54.4 Å². The fourth-order valence-corrected chi connectivity index (χ4v) is 12.9. The summed E-state index contributed by atoms with van der Waals surface area (Å²) >= 11 is 0. The molecule has 4 heterocycles. The number of hydrogen-bond acceptors (Lipinski definition) is 14. The van der Waals surface area contributed by atoms with Gasteiger partial charge in [0.15, 0.2) is 18.9 Å². The van der Waals surface area contributed by atoms with Crippen molar-refractivity contribution < 1.29 is 68.6 Å². The Balaban J connectivity index is 0.834. The quantitative estimate of drug-likeness (QED) is 0.162. The van der Waals surface area contributed by atoms with Gasteiger partial charge < -0.3 is 63.8 Å². The topological polar surface area (TPSA) is 203 Å². The highest BCUT2D eigenvalue weighted by molar-refractivity contribution is 5.85. The molecule has 4 saturated carbocycles. The number of cyclic esters (lactones) is 1. The fourth-order valence-electron chi connectivity index (χ4n) is 12.9. The highest BCUT2D eigenvalue weighted by Crippen LogP contribution is 2.70. The molecule has 0 aromatic carbocycles. The Morgan fingerprint density at radius 1 is 0.691 bits per heavy atom. The third-order valence-electron chi connectivity index (χ3n) is 15.8. The molecule has 0 aromatic rings. The van der Waals surface area contributed by atoms with Gasteiger partial charge in [-0.3, -0.25) is 0 Å². The maximum absolute atomic E-state index is 12.6. The van der Waals surface area contributed by atoms with Gasteiger partial charge in [-0.2, -0.15) is 0 Å². The first kappa shape index (κ1) is 40.5. The summed E-state index contributed by atoms with van der Waals surface area (Å²) in [5, 5.41) is 66.3. The van der Waals surface area contributed by atoms with Crippen LogP contribution in [0.15, 0.2) is 11.6 Å². The van der Waals surface area contributed by atoms with E-state index in [1.54, 1.807) is 13.8 Å². The number of aliphatic hydroxyl groups excluding tert-OH is 5. The molecule has 3 saturated heterocycles. The lowest BCUT2D eigenvalue weighted by Gasteiger charge is -2.63. The molecular weight excluding hydrogens is 716 g/mol. The van der Waals surface area contributed by atoms with Crippen LogP contribution in [0.3, 0.4) is 0 Å². The fraction of sp³-hybridized carbons (Fsp3) is 0.927. The van der Waals surface area contributed by atoms with Crippen LogP contribution in [-0.2, 0) is 38.0 Å². The second-order valence-electron chi connectivity index (χ2n) is 18.9. The number of ether oxygens (including phenoxy) is 7. The van der Waals surface area contributed by atoms with E-state index in [0.29, 0.717) is 18.3 Å². The molecule has 0 bridgehead atoms. The zero-order valence-electron chi connectivity index (χ0n) is 32.9. The Labute approximate surface area is 323 Å². The van der Waals surface area contributed by atoms with Crippen LogP contribution in [0.25, 0.3) is 0 Å². The predicted molar refractivity (Wildman–Crippen MR) is 193 cm³/mol. The number of fused-ring (bicyclic) bond motifs is 5. The number of esters is 1. The van der Waals surface area contributed by atoms with Crippen LogP contribution in [0, 0.1) is 34.5 Å². The van der Waals surface area contributed by atoms with E-state index < -0.39 is 90.9 Å². The molecule has 8 rings (SSSR count). The van der Waals surface area contributed by atoms with Gasteiger partial charge in [0, 0.05) is 43.1 Å². The van der Waals surface area contributed by atoms with Gasteiger partial charge in [-0.25, -0.2) is 4.79 Å². The van der Waals surface area contributed by atoms with Gasteiger partial charge in [0.25, 0.3) is 0 Å². The normalized spacial score (nSPS) is 55.5. The first-order chi connectivity index (χ1) is 26.0. The molecule has 14 heteroatoms. The second kappa shape index (κ2) is 15.1. The van der Waals surface area contributed by atoms with Gasteiger partial charge >= 0.3 is 5.97 Å². The molecule has 55 heavy (non-hydrogen) atoms. The lowest BCUT2D eigenvalue weighted by atomic mass is 9.43. The number of carbonyl (C=O) groups is 1. The first-order valence-electron chi connectivity index (χ1n) is 20.9. The average molecular weight is 781 g/mol. The molecule has 0 spiro atoms. The van der Waals surface area contributed by atoms with Crippen molar-refractivity contribution in [3.8, 4) is 0 Å². The lowest BCUT2D eigenvalue weighted by molar-refractivity contribution is -0.336. The van der Waals surface area contributed by atoms with E-state index in [4.69, 9.17) is 33.2 Å². The largest absolute Gasteiger partial charge is 0.458 e. The van der Waals surface area contributed by atoms with Crippen molar-refractivity contribution in [1.29, 1.82) is 0 Å². The Morgan fingerprint density at radius 2 is 1.29 bits per heavy atom. The SMILES string of the molecule is C[C@@H]1O[C@H](O[C@@H]2[C@H](O)C[C@H](O[C@@H]3[C@H](O)C[C@H](O[C@@H]4CC[C@@]5(C)[C@H](CC[C@@H]6[C@@H]5CC[C@]5(C)[C@H](C7=CC(=O)OC7)[C@H](O)C[C@@]65O)C4)O[C@@H]3C)O[C@@H]2C)C[C@H](O)[C@H]1O. The van der Waals surface area contributed by atoms with E-state index >= 15 is 0 Å². The predicted octanol–water partition coefficient (Wildman–Crippen LogP) is 2.22.